The first-order chi connectivity index (χ1) is 13.0. The molecule has 0 saturated carbocycles. The molecule has 1 aliphatic heterocycles. The molecule has 6 nitrogen and oxygen atoms in total. The molecule has 3 heterocycles. The lowest BCUT2D eigenvalue weighted by Crippen LogP contribution is -2.49. The molecule has 140 valence electrons. The van der Waals surface area contributed by atoms with Crippen molar-refractivity contribution < 1.29 is 12.8 Å². The first kappa shape index (κ1) is 18.0. The number of thiophene rings is 1. The van der Waals surface area contributed by atoms with Gasteiger partial charge in [0.25, 0.3) is 0 Å². The minimum Gasteiger partial charge on any atom is -0.352 e. The van der Waals surface area contributed by atoms with E-state index < -0.39 is 15.8 Å². The first-order valence-corrected chi connectivity index (χ1v) is 10.7. The lowest BCUT2D eigenvalue weighted by molar-refractivity contribution is 0.383. The number of anilines is 1. The molecule has 0 amide bonds. The summed E-state index contributed by atoms with van der Waals surface area (Å²) in [6, 6.07) is 12.7. The molecule has 0 bridgehead atoms. The maximum Gasteiger partial charge on any atom is 0.243 e. The number of sulfonamides is 1. The highest BCUT2D eigenvalue weighted by molar-refractivity contribution is 7.89. The fraction of sp³-hybridized carbons (Fsp3) is 0.222. The zero-order chi connectivity index (χ0) is 18.9. The molecule has 9 heteroatoms. The second-order valence-electron chi connectivity index (χ2n) is 6.10. The minimum atomic E-state index is -3.62. The molecular weight excluding hydrogens is 387 g/mol. The summed E-state index contributed by atoms with van der Waals surface area (Å²) in [5.41, 5.74) is 0.825. The summed E-state index contributed by atoms with van der Waals surface area (Å²) in [5, 5.41) is 10.5. The third-order valence-corrected chi connectivity index (χ3v) is 7.24. The van der Waals surface area contributed by atoms with Crippen molar-refractivity contribution in [2.24, 2.45) is 0 Å². The maximum atomic E-state index is 13.0. The maximum absolute atomic E-state index is 13.0. The van der Waals surface area contributed by atoms with E-state index in [0.717, 1.165) is 28.5 Å². The number of piperazine rings is 1. The van der Waals surface area contributed by atoms with Crippen molar-refractivity contribution in [2.45, 2.75) is 4.90 Å². The average Bonchev–Trinajstić information content (AvgIpc) is 3.23. The fourth-order valence-electron chi connectivity index (χ4n) is 2.96. The van der Waals surface area contributed by atoms with Crippen LogP contribution < -0.4 is 4.90 Å². The Labute approximate surface area is 160 Å². The number of aromatic nitrogens is 2. The van der Waals surface area contributed by atoms with Crippen LogP contribution in [0.1, 0.15) is 0 Å². The van der Waals surface area contributed by atoms with Crippen molar-refractivity contribution in [3.63, 3.8) is 0 Å². The highest BCUT2D eigenvalue weighted by atomic mass is 32.2. The Bertz CT molecular complexity index is 999. The number of rotatable bonds is 4. The highest BCUT2D eigenvalue weighted by Gasteiger charge is 2.29. The van der Waals surface area contributed by atoms with E-state index in [0.29, 0.717) is 26.2 Å². The highest BCUT2D eigenvalue weighted by Crippen LogP contribution is 2.24. The predicted octanol–water partition coefficient (Wildman–Crippen LogP) is 2.86. The van der Waals surface area contributed by atoms with Gasteiger partial charge >= 0.3 is 0 Å². The van der Waals surface area contributed by atoms with Crippen LogP contribution in [0.3, 0.4) is 0 Å². The number of halogens is 1. The minimum absolute atomic E-state index is 0.109. The lowest BCUT2D eigenvalue weighted by atomic mass is 10.3. The SMILES string of the molecule is O=S(=O)(c1ccc(F)cc1)N1CCN(c2ccc(-c3cccs3)nn2)CC1. The topological polar surface area (TPSA) is 66.4 Å². The van der Waals surface area contributed by atoms with Crippen LogP contribution in [-0.4, -0.2) is 49.1 Å². The quantitative estimate of drug-likeness (QED) is 0.669. The number of benzene rings is 1. The Morgan fingerprint density at radius 3 is 2.26 bits per heavy atom. The normalized spacial score (nSPS) is 15.8. The number of hydrogen-bond acceptors (Lipinski definition) is 6. The molecule has 1 fully saturated rings. The van der Waals surface area contributed by atoms with E-state index >= 15 is 0 Å². The van der Waals surface area contributed by atoms with Gasteiger partial charge in [-0.3, -0.25) is 0 Å². The molecule has 0 spiro atoms. The van der Waals surface area contributed by atoms with Crippen LogP contribution >= 0.6 is 11.3 Å². The van der Waals surface area contributed by atoms with Gasteiger partial charge in [-0.2, -0.15) is 4.31 Å². The molecule has 0 aliphatic carbocycles. The van der Waals surface area contributed by atoms with Crippen LogP contribution in [0.15, 0.2) is 58.8 Å². The van der Waals surface area contributed by atoms with Crippen LogP contribution in [0, 0.1) is 5.82 Å². The lowest BCUT2D eigenvalue weighted by Gasteiger charge is -2.34. The molecule has 27 heavy (non-hydrogen) atoms. The molecule has 0 atom stereocenters. The molecule has 1 aromatic carbocycles. The van der Waals surface area contributed by atoms with Crippen molar-refractivity contribution in [1.82, 2.24) is 14.5 Å². The molecule has 0 radical (unpaired) electrons. The van der Waals surface area contributed by atoms with Gasteiger partial charge in [-0.15, -0.1) is 21.5 Å². The van der Waals surface area contributed by atoms with E-state index in [1.807, 2.05) is 34.5 Å². The summed E-state index contributed by atoms with van der Waals surface area (Å²) in [5.74, 6) is 0.275. The zero-order valence-corrected chi connectivity index (χ0v) is 16.0. The summed E-state index contributed by atoms with van der Waals surface area (Å²) in [6.45, 7) is 1.73. The van der Waals surface area contributed by atoms with Crippen LogP contribution in [0.5, 0.6) is 0 Å². The summed E-state index contributed by atoms with van der Waals surface area (Å²) < 4.78 is 39.8. The molecule has 2 aromatic heterocycles. The Kier molecular flexibility index (Phi) is 4.90. The van der Waals surface area contributed by atoms with Crippen LogP contribution in [0.4, 0.5) is 10.2 Å². The summed E-state index contributed by atoms with van der Waals surface area (Å²) >= 11 is 1.61. The van der Waals surface area contributed by atoms with Gasteiger partial charge in [0.05, 0.1) is 9.77 Å². The van der Waals surface area contributed by atoms with Crippen molar-refractivity contribution in [3.05, 3.63) is 59.7 Å². The summed E-state index contributed by atoms with van der Waals surface area (Å²) in [4.78, 5) is 3.18. The molecule has 0 unspecified atom stereocenters. The van der Waals surface area contributed by atoms with E-state index in [1.54, 1.807) is 11.3 Å². The molecule has 1 aliphatic rings. The van der Waals surface area contributed by atoms with Crippen LogP contribution in [-0.2, 0) is 10.0 Å². The molecule has 0 N–H and O–H groups in total. The van der Waals surface area contributed by atoms with E-state index in [4.69, 9.17) is 0 Å². The summed E-state index contributed by atoms with van der Waals surface area (Å²) in [6.07, 6.45) is 0. The standard InChI is InChI=1S/C18H17FN4O2S2/c19-14-3-5-15(6-4-14)27(24,25)23-11-9-22(10-12-23)18-8-7-16(20-21-18)17-2-1-13-26-17/h1-8,13H,9-12H2. The fourth-order valence-corrected chi connectivity index (χ4v) is 5.08. The largest absolute Gasteiger partial charge is 0.352 e. The van der Waals surface area contributed by atoms with Gasteiger partial charge in [0.1, 0.15) is 11.5 Å². The Morgan fingerprint density at radius 2 is 1.67 bits per heavy atom. The van der Waals surface area contributed by atoms with E-state index in [1.165, 1.54) is 16.4 Å². The van der Waals surface area contributed by atoms with E-state index in [2.05, 4.69) is 10.2 Å². The van der Waals surface area contributed by atoms with Gasteiger partial charge in [-0.05, 0) is 47.8 Å². The third kappa shape index (κ3) is 3.71. The second-order valence-corrected chi connectivity index (χ2v) is 8.98. The first-order valence-electron chi connectivity index (χ1n) is 8.42. The van der Waals surface area contributed by atoms with Gasteiger partial charge < -0.3 is 4.90 Å². The number of nitrogens with zero attached hydrogens (tertiary/aromatic N) is 4. The molecule has 1 saturated heterocycles. The van der Waals surface area contributed by atoms with E-state index in [9.17, 15) is 12.8 Å². The zero-order valence-electron chi connectivity index (χ0n) is 14.3. The Morgan fingerprint density at radius 1 is 0.926 bits per heavy atom. The molecule has 3 aromatic rings. The van der Waals surface area contributed by atoms with Crippen molar-refractivity contribution >= 4 is 27.2 Å². The molecular formula is C18H17FN4O2S2. The van der Waals surface area contributed by atoms with Crippen LogP contribution in [0.2, 0.25) is 0 Å². The monoisotopic (exact) mass is 404 g/mol. The summed E-state index contributed by atoms with van der Waals surface area (Å²) in [7, 11) is -3.62. The Hall–Kier alpha value is -2.36. The van der Waals surface area contributed by atoms with Crippen molar-refractivity contribution in [3.8, 4) is 10.6 Å². The smallest absolute Gasteiger partial charge is 0.243 e. The average molecular weight is 404 g/mol. The van der Waals surface area contributed by atoms with Gasteiger partial charge in [-0.1, -0.05) is 6.07 Å². The second kappa shape index (κ2) is 7.34. The third-order valence-electron chi connectivity index (χ3n) is 4.44. The molecule has 4 rings (SSSR count). The van der Waals surface area contributed by atoms with Gasteiger partial charge in [0, 0.05) is 26.2 Å². The van der Waals surface area contributed by atoms with Crippen molar-refractivity contribution in [1.29, 1.82) is 0 Å². The van der Waals surface area contributed by atoms with Gasteiger partial charge in [0.15, 0.2) is 5.82 Å². The predicted molar refractivity (Wildman–Crippen MR) is 103 cm³/mol. The van der Waals surface area contributed by atoms with Gasteiger partial charge in [-0.25, -0.2) is 12.8 Å². The van der Waals surface area contributed by atoms with Crippen LogP contribution in [0.25, 0.3) is 10.6 Å². The van der Waals surface area contributed by atoms with Crippen molar-refractivity contribution in [2.75, 3.05) is 31.1 Å². The van der Waals surface area contributed by atoms with Gasteiger partial charge in [0.2, 0.25) is 10.0 Å². The number of hydrogen-bond donors (Lipinski definition) is 0. The van der Waals surface area contributed by atoms with E-state index in [-0.39, 0.29) is 4.90 Å². The Balaban J connectivity index is 1.43.